The van der Waals surface area contributed by atoms with E-state index >= 15 is 0 Å². The fraction of sp³-hybridized carbons (Fsp3) is 0.500. The fourth-order valence-electron chi connectivity index (χ4n) is 3.56. The predicted molar refractivity (Wildman–Crippen MR) is 127 cm³/mol. The molecule has 0 spiro atoms. The zero-order chi connectivity index (χ0) is 22.7. The number of methoxy groups -OCH3 is 2. The maximum atomic E-state index is 13.3. The summed E-state index contributed by atoms with van der Waals surface area (Å²) in [6, 6.07) is 6.07. The smallest absolute Gasteiger partial charge is 0.334 e. The first-order valence-electron chi connectivity index (χ1n) is 10.3. The maximum Gasteiger partial charge on any atom is 0.334 e. The van der Waals surface area contributed by atoms with Gasteiger partial charge in [0.15, 0.2) is 11.5 Å². The first-order valence-corrected chi connectivity index (χ1v) is 11.1. The minimum absolute atomic E-state index is 0.174. The number of nitrogens with zero attached hydrogens (tertiary/aromatic N) is 5. The van der Waals surface area contributed by atoms with Crippen molar-refractivity contribution in [2.45, 2.75) is 26.7 Å². The Morgan fingerprint density at radius 2 is 1.77 bits per heavy atom. The van der Waals surface area contributed by atoms with Crippen LogP contribution in [0.1, 0.15) is 31.2 Å². The summed E-state index contributed by atoms with van der Waals surface area (Å²) in [7, 11) is 5.09. The Balaban J connectivity index is 2.25. The minimum atomic E-state index is -0.174. The molecule has 0 atom stereocenters. The van der Waals surface area contributed by atoms with Gasteiger partial charge in [0, 0.05) is 38.8 Å². The molecule has 0 saturated heterocycles. The van der Waals surface area contributed by atoms with Gasteiger partial charge < -0.3 is 14.4 Å². The summed E-state index contributed by atoms with van der Waals surface area (Å²) < 4.78 is 14.7. The van der Waals surface area contributed by atoms with Crippen molar-refractivity contribution in [2.75, 3.05) is 45.4 Å². The highest BCUT2D eigenvalue weighted by Gasteiger charge is 2.23. The first-order chi connectivity index (χ1) is 14.8. The summed E-state index contributed by atoms with van der Waals surface area (Å²) >= 11 is 3.66. The zero-order valence-electron chi connectivity index (χ0n) is 19.0. The molecule has 3 aromatic rings. The van der Waals surface area contributed by atoms with E-state index in [0.717, 1.165) is 10.2 Å². The molecule has 0 saturated carbocycles. The van der Waals surface area contributed by atoms with Gasteiger partial charge in [-0.15, -0.1) is 0 Å². The van der Waals surface area contributed by atoms with Crippen LogP contribution >= 0.6 is 15.9 Å². The summed E-state index contributed by atoms with van der Waals surface area (Å²) in [6.07, 6.45) is 0. The summed E-state index contributed by atoms with van der Waals surface area (Å²) in [5.74, 6) is 1.68. The van der Waals surface area contributed by atoms with E-state index in [0.29, 0.717) is 55.0 Å². The minimum Gasteiger partial charge on any atom is -0.383 e. The Morgan fingerprint density at radius 1 is 1.13 bits per heavy atom. The van der Waals surface area contributed by atoms with Gasteiger partial charge in [-0.3, -0.25) is 4.57 Å². The summed E-state index contributed by atoms with van der Waals surface area (Å²) in [5, 5.41) is 0. The van der Waals surface area contributed by atoms with Crippen molar-refractivity contribution >= 4 is 32.9 Å². The molecule has 0 aliphatic carbocycles. The van der Waals surface area contributed by atoms with Gasteiger partial charge in [0.2, 0.25) is 0 Å². The highest BCUT2D eigenvalue weighted by molar-refractivity contribution is 9.10. The van der Waals surface area contributed by atoms with Crippen LogP contribution in [0.4, 0.5) is 5.82 Å². The quantitative estimate of drug-likeness (QED) is 0.456. The molecule has 2 aromatic heterocycles. The van der Waals surface area contributed by atoms with Crippen LogP contribution in [0.15, 0.2) is 27.5 Å². The van der Waals surface area contributed by atoms with Gasteiger partial charge in [0.05, 0.1) is 18.9 Å². The largest absolute Gasteiger partial charge is 0.383 e. The summed E-state index contributed by atoms with van der Waals surface area (Å²) in [6.45, 7) is 8.43. The van der Waals surface area contributed by atoms with E-state index < -0.39 is 0 Å². The summed E-state index contributed by atoms with van der Waals surface area (Å²) in [5.41, 5.74) is 3.04. The molecule has 1 aromatic carbocycles. The zero-order valence-corrected chi connectivity index (χ0v) is 20.6. The molecule has 0 radical (unpaired) electrons. The predicted octanol–water partition coefficient (Wildman–Crippen LogP) is 3.41. The van der Waals surface area contributed by atoms with E-state index in [9.17, 15) is 4.79 Å². The molecule has 0 amide bonds. The van der Waals surface area contributed by atoms with Crippen LogP contribution in [0.3, 0.4) is 0 Å². The lowest BCUT2D eigenvalue weighted by molar-refractivity contribution is 0.190. The van der Waals surface area contributed by atoms with Crippen LogP contribution < -0.4 is 10.6 Å². The number of hydrogen-bond acceptors (Lipinski definition) is 6. The van der Waals surface area contributed by atoms with Crippen LogP contribution in [-0.4, -0.2) is 59.6 Å². The Kier molecular flexibility index (Phi) is 7.51. The Labute approximate surface area is 190 Å². The van der Waals surface area contributed by atoms with Crippen molar-refractivity contribution in [3.8, 4) is 5.69 Å². The third-order valence-corrected chi connectivity index (χ3v) is 5.93. The normalized spacial score (nSPS) is 11.6. The number of fused-ring (bicyclic) bond motifs is 1. The monoisotopic (exact) mass is 491 g/mol. The van der Waals surface area contributed by atoms with Gasteiger partial charge >= 0.3 is 5.69 Å². The molecule has 8 nitrogen and oxygen atoms in total. The average Bonchev–Trinajstić information content (AvgIpc) is 2.97. The van der Waals surface area contributed by atoms with Crippen LogP contribution in [0, 0.1) is 6.92 Å². The Bertz CT molecular complexity index is 1110. The molecule has 0 aliphatic rings. The third kappa shape index (κ3) is 4.68. The van der Waals surface area contributed by atoms with Crippen molar-refractivity contribution < 1.29 is 9.47 Å². The van der Waals surface area contributed by atoms with E-state index in [-0.39, 0.29) is 5.69 Å². The van der Waals surface area contributed by atoms with Crippen molar-refractivity contribution in [2.24, 2.45) is 7.05 Å². The number of ether oxygens (including phenoxy) is 2. The fourth-order valence-corrected chi connectivity index (χ4v) is 4.13. The Morgan fingerprint density at radius 3 is 2.32 bits per heavy atom. The second-order valence-electron chi connectivity index (χ2n) is 7.78. The molecule has 3 rings (SSSR count). The molecule has 168 valence electrons. The highest BCUT2D eigenvalue weighted by atomic mass is 79.9. The number of anilines is 1. The number of aryl methyl sites for hydroxylation is 2. The average molecular weight is 492 g/mol. The number of rotatable bonds is 9. The van der Waals surface area contributed by atoms with Gasteiger partial charge in [-0.2, -0.15) is 0 Å². The van der Waals surface area contributed by atoms with Gasteiger partial charge in [-0.1, -0.05) is 19.9 Å². The lowest BCUT2D eigenvalue weighted by Gasteiger charge is -2.24. The molecule has 0 unspecified atom stereocenters. The number of imidazole rings is 1. The van der Waals surface area contributed by atoms with E-state index in [2.05, 4.69) is 51.8 Å². The third-order valence-electron chi connectivity index (χ3n) is 5.29. The number of benzene rings is 1. The van der Waals surface area contributed by atoms with Crippen LogP contribution in [0.5, 0.6) is 0 Å². The molecule has 2 heterocycles. The molecule has 0 fully saturated rings. The second-order valence-corrected chi connectivity index (χ2v) is 8.64. The number of aromatic nitrogens is 4. The highest BCUT2D eigenvalue weighted by Crippen LogP contribution is 2.29. The topological polar surface area (TPSA) is 74.4 Å². The van der Waals surface area contributed by atoms with Gasteiger partial charge in [-0.25, -0.2) is 19.3 Å². The van der Waals surface area contributed by atoms with Crippen LogP contribution in [0.25, 0.3) is 16.9 Å². The molecule has 9 heteroatoms. The van der Waals surface area contributed by atoms with E-state index in [1.54, 1.807) is 30.4 Å². The van der Waals surface area contributed by atoms with E-state index in [1.807, 2.05) is 13.0 Å². The molecule has 31 heavy (non-hydrogen) atoms. The van der Waals surface area contributed by atoms with E-state index in [4.69, 9.17) is 14.5 Å². The number of halogens is 1. The van der Waals surface area contributed by atoms with Crippen LogP contribution in [-0.2, 0) is 16.5 Å². The SMILES string of the molecule is COCCN(CCOC)c1nc(C)nc2c1n(C)c(=O)n2-c1ccc(C(C)C)cc1Br. The maximum absolute atomic E-state index is 13.3. The lowest BCUT2D eigenvalue weighted by Crippen LogP contribution is -2.32. The molecular weight excluding hydrogens is 462 g/mol. The van der Waals surface area contributed by atoms with E-state index in [1.165, 1.54) is 5.56 Å². The van der Waals surface area contributed by atoms with Crippen molar-refractivity contribution in [1.29, 1.82) is 0 Å². The number of hydrogen-bond donors (Lipinski definition) is 0. The second kappa shape index (κ2) is 9.93. The van der Waals surface area contributed by atoms with Crippen molar-refractivity contribution in [3.63, 3.8) is 0 Å². The molecule has 0 bridgehead atoms. The van der Waals surface area contributed by atoms with Gasteiger partial charge in [-0.05, 0) is 46.5 Å². The van der Waals surface area contributed by atoms with Crippen molar-refractivity contribution in [3.05, 3.63) is 44.5 Å². The lowest BCUT2D eigenvalue weighted by atomic mass is 10.0. The molecule has 0 aliphatic heterocycles. The standard InChI is InChI=1S/C22H30BrN5O3/c1-14(2)16-7-8-18(17(23)13-16)28-21-19(26(4)22(28)29)20(24-15(3)25-21)27(9-11-30-5)10-12-31-6/h7-8,13-14H,9-12H2,1-6H3. The summed E-state index contributed by atoms with van der Waals surface area (Å²) in [4.78, 5) is 24.8. The Hall–Kier alpha value is -2.23. The molecule has 0 N–H and O–H groups in total. The van der Waals surface area contributed by atoms with Crippen LogP contribution in [0.2, 0.25) is 0 Å². The van der Waals surface area contributed by atoms with Crippen molar-refractivity contribution in [1.82, 2.24) is 19.1 Å². The van der Waals surface area contributed by atoms with Gasteiger partial charge in [0.25, 0.3) is 0 Å². The molecular formula is C22H30BrN5O3. The first kappa shape index (κ1) is 23.4. The van der Waals surface area contributed by atoms with Gasteiger partial charge in [0.1, 0.15) is 11.3 Å².